The molecule has 0 aliphatic carbocycles. The van der Waals surface area contributed by atoms with Gasteiger partial charge in [0.25, 0.3) is 0 Å². The summed E-state index contributed by atoms with van der Waals surface area (Å²) in [5, 5.41) is 2.90. The Kier molecular flexibility index (Phi) is 6.97. The minimum Gasteiger partial charge on any atom is -0.445 e. The van der Waals surface area contributed by atoms with Crippen molar-refractivity contribution in [3.05, 3.63) is 35.4 Å². The van der Waals surface area contributed by atoms with E-state index < -0.39 is 11.7 Å². The maximum absolute atomic E-state index is 12.1. The van der Waals surface area contributed by atoms with Crippen LogP contribution in [0.2, 0.25) is 0 Å². The van der Waals surface area contributed by atoms with E-state index in [0.29, 0.717) is 39.3 Å². The highest BCUT2D eigenvalue weighted by Gasteiger charge is 2.35. The molecule has 2 aliphatic rings. The molecule has 2 heterocycles. The van der Waals surface area contributed by atoms with E-state index in [1.807, 2.05) is 45.0 Å². The normalized spacial score (nSPS) is 20.0. The van der Waals surface area contributed by atoms with Gasteiger partial charge in [-0.3, -0.25) is 0 Å². The van der Waals surface area contributed by atoms with Gasteiger partial charge in [-0.1, -0.05) is 24.3 Å². The number of amides is 2. The van der Waals surface area contributed by atoms with Crippen LogP contribution in [0.1, 0.15) is 31.9 Å². The first kappa shape index (κ1) is 21.4. The molecular formula is C21H30N2O6. The SMILES string of the molecule is CC(C)(C)OC(=O)N[C@@H](Cc1ccc(COC(=O)N2CCOCC2)cc1)[C@H]1CO1. The number of hydrogen-bond acceptors (Lipinski definition) is 6. The summed E-state index contributed by atoms with van der Waals surface area (Å²) in [5.74, 6) is 0. The maximum Gasteiger partial charge on any atom is 0.410 e. The predicted octanol–water partition coefficient (Wildman–Crippen LogP) is 2.49. The summed E-state index contributed by atoms with van der Waals surface area (Å²) < 4.78 is 21.3. The molecule has 0 unspecified atom stereocenters. The lowest BCUT2D eigenvalue weighted by Gasteiger charge is -2.26. The third-order valence-electron chi connectivity index (χ3n) is 4.62. The van der Waals surface area contributed by atoms with Crippen molar-refractivity contribution < 1.29 is 28.5 Å². The van der Waals surface area contributed by atoms with E-state index in [4.69, 9.17) is 18.9 Å². The number of benzene rings is 1. The van der Waals surface area contributed by atoms with Crippen molar-refractivity contribution in [1.29, 1.82) is 0 Å². The van der Waals surface area contributed by atoms with Gasteiger partial charge in [-0.15, -0.1) is 0 Å². The van der Waals surface area contributed by atoms with Crippen LogP contribution >= 0.6 is 0 Å². The first-order valence-electron chi connectivity index (χ1n) is 9.98. The van der Waals surface area contributed by atoms with E-state index in [9.17, 15) is 9.59 Å². The minimum absolute atomic E-state index is 0.0108. The highest BCUT2D eigenvalue weighted by Crippen LogP contribution is 2.19. The summed E-state index contributed by atoms with van der Waals surface area (Å²) in [4.78, 5) is 25.8. The quantitative estimate of drug-likeness (QED) is 0.730. The van der Waals surface area contributed by atoms with Crippen molar-refractivity contribution in [2.75, 3.05) is 32.9 Å². The van der Waals surface area contributed by atoms with Crippen LogP contribution in [0, 0.1) is 0 Å². The molecular weight excluding hydrogens is 376 g/mol. The van der Waals surface area contributed by atoms with E-state index in [1.54, 1.807) is 4.90 Å². The Morgan fingerprint density at radius 1 is 1.17 bits per heavy atom. The molecule has 0 radical (unpaired) electrons. The largest absolute Gasteiger partial charge is 0.445 e. The van der Waals surface area contributed by atoms with E-state index in [2.05, 4.69) is 5.32 Å². The monoisotopic (exact) mass is 406 g/mol. The van der Waals surface area contributed by atoms with Gasteiger partial charge in [0.15, 0.2) is 0 Å². The van der Waals surface area contributed by atoms with Gasteiger partial charge in [0.2, 0.25) is 0 Å². The molecule has 2 aliphatic heterocycles. The highest BCUT2D eigenvalue weighted by molar-refractivity contribution is 5.68. The number of rotatable bonds is 6. The fourth-order valence-electron chi connectivity index (χ4n) is 3.03. The second-order valence-electron chi connectivity index (χ2n) is 8.30. The molecule has 2 amide bonds. The van der Waals surface area contributed by atoms with Gasteiger partial charge in [0, 0.05) is 13.1 Å². The van der Waals surface area contributed by atoms with Gasteiger partial charge in [0.05, 0.1) is 25.9 Å². The van der Waals surface area contributed by atoms with E-state index >= 15 is 0 Å². The summed E-state index contributed by atoms with van der Waals surface area (Å²) in [7, 11) is 0. The molecule has 2 saturated heterocycles. The van der Waals surface area contributed by atoms with Crippen LogP contribution in [0.5, 0.6) is 0 Å². The Morgan fingerprint density at radius 3 is 2.38 bits per heavy atom. The summed E-state index contributed by atoms with van der Waals surface area (Å²) in [6, 6.07) is 7.67. The predicted molar refractivity (Wildman–Crippen MR) is 106 cm³/mol. The lowest BCUT2D eigenvalue weighted by Crippen LogP contribution is -2.43. The molecule has 0 aromatic heterocycles. The van der Waals surface area contributed by atoms with Crippen LogP contribution in [0.3, 0.4) is 0 Å². The summed E-state index contributed by atoms with van der Waals surface area (Å²) in [6.45, 7) is 8.58. The second-order valence-corrected chi connectivity index (χ2v) is 8.30. The summed E-state index contributed by atoms with van der Waals surface area (Å²) in [5.41, 5.74) is 1.43. The third kappa shape index (κ3) is 7.21. The molecule has 160 valence electrons. The van der Waals surface area contributed by atoms with Gasteiger partial charge < -0.3 is 29.2 Å². The smallest absolute Gasteiger partial charge is 0.410 e. The number of ether oxygens (including phenoxy) is 4. The van der Waals surface area contributed by atoms with Crippen LogP contribution in [0.4, 0.5) is 9.59 Å². The highest BCUT2D eigenvalue weighted by atomic mass is 16.6. The number of carbonyl (C=O) groups is 2. The molecule has 0 bridgehead atoms. The van der Waals surface area contributed by atoms with Gasteiger partial charge in [-0.25, -0.2) is 9.59 Å². The topological polar surface area (TPSA) is 89.6 Å². The van der Waals surface area contributed by atoms with Crippen LogP contribution in [-0.4, -0.2) is 67.7 Å². The lowest BCUT2D eigenvalue weighted by atomic mass is 10.0. The second kappa shape index (κ2) is 9.45. The third-order valence-corrected chi connectivity index (χ3v) is 4.62. The van der Waals surface area contributed by atoms with E-state index in [-0.39, 0.29) is 24.8 Å². The molecule has 8 heteroatoms. The maximum atomic E-state index is 12.1. The Bertz CT molecular complexity index is 690. The van der Waals surface area contributed by atoms with E-state index in [0.717, 1.165) is 11.1 Å². The molecule has 0 spiro atoms. The average molecular weight is 406 g/mol. The zero-order valence-corrected chi connectivity index (χ0v) is 17.3. The molecule has 29 heavy (non-hydrogen) atoms. The Balaban J connectivity index is 1.48. The molecule has 3 rings (SSSR count). The van der Waals surface area contributed by atoms with Crippen molar-refractivity contribution in [1.82, 2.24) is 10.2 Å². The Morgan fingerprint density at radius 2 is 1.79 bits per heavy atom. The van der Waals surface area contributed by atoms with Crippen LogP contribution in [-0.2, 0) is 32.0 Å². The summed E-state index contributed by atoms with van der Waals surface area (Å²) >= 11 is 0. The van der Waals surface area contributed by atoms with Crippen LogP contribution < -0.4 is 5.32 Å². The van der Waals surface area contributed by atoms with Crippen molar-refractivity contribution in [2.24, 2.45) is 0 Å². The van der Waals surface area contributed by atoms with Gasteiger partial charge in [-0.05, 0) is 38.3 Å². The molecule has 1 aromatic carbocycles. The van der Waals surface area contributed by atoms with Crippen LogP contribution in [0.25, 0.3) is 0 Å². The van der Waals surface area contributed by atoms with E-state index in [1.165, 1.54) is 0 Å². The average Bonchev–Trinajstić information content (AvgIpc) is 3.51. The number of carbonyl (C=O) groups excluding carboxylic acids is 2. The lowest BCUT2D eigenvalue weighted by molar-refractivity contribution is 0.0249. The molecule has 2 fully saturated rings. The molecule has 1 aromatic rings. The zero-order valence-electron chi connectivity index (χ0n) is 17.3. The molecule has 8 nitrogen and oxygen atoms in total. The number of nitrogens with zero attached hydrogens (tertiary/aromatic N) is 1. The molecule has 0 saturated carbocycles. The standard InChI is InChI=1S/C21H30N2O6/c1-21(2,3)29-19(24)22-17(18-14-27-18)12-15-4-6-16(7-5-15)13-28-20(25)23-8-10-26-11-9-23/h4-7,17-18H,8-14H2,1-3H3,(H,22,24)/t17-,18+/m0/s1. The minimum atomic E-state index is -0.542. The summed E-state index contributed by atoms with van der Waals surface area (Å²) in [6.07, 6.45) is -0.108. The van der Waals surface area contributed by atoms with Crippen LogP contribution in [0.15, 0.2) is 24.3 Å². The molecule has 1 N–H and O–H groups in total. The van der Waals surface area contributed by atoms with Crippen molar-refractivity contribution in [3.8, 4) is 0 Å². The number of alkyl carbamates (subject to hydrolysis) is 1. The fraction of sp³-hybridized carbons (Fsp3) is 0.619. The van der Waals surface area contributed by atoms with Gasteiger partial charge in [0.1, 0.15) is 18.3 Å². The van der Waals surface area contributed by atoms with Gasteiger partial charge >= 0.3 is 12.2 Å². The number of nitrogens with one attached hydrogen (secondary N) is 1. The first-order chi connectivity index (χ1) is 13.8. The Labute approximate surface area is 171 Å². The number of morpholine rings is 1. The number of hydrogen-bond donors (Lipinski definition) is 1. The molecule has 2 atom stereocenters. The van der Waals surface area contributed by atoms with Crippen molar-refractivity contribution >= 4 is 12.2 Å². The Hall–Kier alpha value is -2.32. The number of epoxide rings is 1. The fourth-order valence-corrected chi connectivity index (χ4v) is 3.03. The van der Waals surface area contributed by atoms with Gasteiger partial charge in [-0.2, -0.15) is 0 Å². The zero-order chi connectivity index (χ0) is 20.9. The first-order valence-corrected chi connectivity index (χ1v) is 9.98. The van der Waals surface area contributed by atoms with Crippen molar-refractivity contribution in [3.63, 3.8) is 0 Å². The van der Waals surface area contributed by atoms with Crippen molar-refractivity contribution in [2.45, 2.75) is 51.5 Å².